The molecule has 3 nitrogen and oxygen atoms in total. The molecule has 0 amide bonds. The molecular formula is C15H20N2OS. The standard InChI is InChI=1S/C15H20N2OS/c1-3-6-12(10-19)9-17-14-8-5-4-7-13(14)16-11(2)15(17)18/h4-5,7-8,12,19H,3,6,9-10H2,1-2H3. The maximum absolute atomic E-state index is 12.3. The Balaban J connectivity index is 2.51. The van der Waals surface area contributed by atoms with Crippen LogP contribution in [0.15, 0.2) is 29.1 Å². The van der Waals surface area contributed by atoms with E-state index < -0.39 is 0 Å². The number of para-hydroxylation sites is 2. The SMILES string of the molecule is CCCC(CS)Cn1c(=O)c(C)nc2ccccc21. The Morgan fingerprint density at radius 3 is 2.79 bits per heavy atom. The maximum atomic E-state index is 12.3. The van der Waals surface area contributed by atoms with E-state index in [1.54, 1.807) is 6.92 Å². The lowest BCUT2D eigenvalue weighted by Crippen LogP contribution is -2.27. The van der Waals surface area contributed by atoms with Crippen LogP contribution in [-0.2, 0) is 6.54 Å². The number of thiol groups is 1. The minimum Gasteiger partial charge on any atom is -0.305 e. The molecule has 4 heteroatoms. The lowest BCUT2D eigenvalue weighted by atomic mass is 10.1. The Morgan fingerprint density at radius 1 is 1.37 bits per heavy atom. The smallest absolute Gasteiger partial charge is 0.272 e. The van der Waals surface area contributed by atoms with Gasteiger partial charge in [0.25, 0.3) is 5.56 Å². The molecule has 1 aromatic carbocycles. The zero-order chi connectivity index (χ0) is 13.8. The second kappa shape index (κ2) is 6.24. The highest BCUT2D eigenvalue weighted by Gasteiger charge is 2.12. The van der Waals surface area contributed by atoms with Crippen LogP contribution >= 0.6 is 12.6 Å². The van der Waals surface area contributed by atoms with Gasteiger partial charge in [0.2, 0.25) is 0 Å². The van der Waals surface area contributed by atoms with Crippen molar-refractivity contribution in [2.24, 2.45) is 5.92 Å². The first kappa shape index (κ1) is 14.1. The van der Waals surface area contributed by atoms with Crippen LogP contribution in [0.2, 0.25) is 0 Å². The predicted molar refractivity (Wildman–Crippen MR) is 83.0 cm³/mol. The first-order valence-corrected chi connectivity index (χ1v) is 7.37. The fraction of sp³-hybridized carbons (Fsp3) is 0.467. The number of hydrogen-bond donors (Lipinski definition) is 1. The molecule has 0 N–H and O–H groups in total. The van der Waals surface area contributed by atoms with Gasteiger partial charge in [-0.25, -0.2) is 4.98 Å². The van der Waals surface area contributed by atoms with Crippen LogP contribution in [0.25, 0.3) is 11.0 Å². The summed E-state index contributed by atoms with van der Waals surface area (Å²) in [5, 5.41) is 0. The second-order valence-corrected chi connectivity index (χ2v) is 5.30. The number of aryl methyl sites for hydroxylation is 1. The van der Waals surface area contributed by atoms with Crippen molar-refractivity contribution in [2.75, 3.05) is 5.75 Å². The fourth-order valence-corrected chi connectivity index (χ4v) is 2.71. The Kier molecular flexibility index (Phi) is 4.64. The summed E-state index contributed by atoms with van der Waals surface area (Å²) in [6.07, 6.45) is 2.20. The highest BCUT2D eigenvalue weighted by atomic mass is 32.1. The molecule has 0 bridgehead atoms. The van der Waals surface area contributed by atoms with Crippen molar-refractivity contribution >= 4 is 23.7 Å². The van der Waals surface area contributed by atoms with Crippen molar-refractivity contribution in [3.05, 3.63) is 40.3 Å². The molecule has 0 spiro atoms. The summed E-state index contributed by atoms with van der Waals surface area (Å²) in [7, 11) is 0. The van der Waals surface area contributed by atoms with Crippen molar-refractivity contribution in [3.8, 4) is 0 Å². The van der Waals surface area contributed by atoms with Gasteiger partial charge < -0.3 is 4.57 Å². The highest BCUT2D eigenvalue weighted by molar-refractivity contribution is 7.80. The minimum absolute atomic E-state index is 0.0154. The van der Waals surface area contributed by atoms with Gasteiger partial charge in [0, 0.05) is 6.54 Å². The third kappa shape index (κ3) is 3.00. The Morgan fingerprint density at radius 2 is 2.11 bits per heavy atom. The zero-order valence-electron chi connectivity index (χ0n) is 11.5. The van der Waals surface area contributed by atoms with E-state index in [0.717, 1.165) is 36.2 Å². The maximum Gasteiger partial charge on any atom is 0.272 e. The van der Waals surface area contributed by atoms with Gasteiger partial charge >= 0.3 is 0 Å². The van der Waals surface area contributed by atoms with Crippen LogP contribution in [0.1, 0.15) is 25.5 Å². The van der Waals surface area contributed by atoms with Gasteiger partial charge in [0.05, 0.1) is 11.0 Å². The van der Waals surface area contributed by atoms with Gasteiger partial charge in [0.1, 0.15) is 5.69 Å². The van der Waals surface area contributed by atoms with Crippen LogP contribution in [0.4, 0.5) is 0 Å². The van der Waals surface area contributed by atoms with E-state index in [2.05, 4.69) is 24.5 Å². The van der Waals surface area contributed by atoms with Gasteiger partial charge in [-0.15, -0.1) is 0 Å². The average Bonchev–Trinajstić information content (AvgIpc) is 2.42. The second-order valence-electron chi connectivity index (χ2n) is 4.94. The first-order chi connectivity index (χ1) is 9.17. The normalized spacial score (nSPS) is 12.8. The number of fused-ring (bicyclic) bond motifs is 1. The molecule has 0 aliphatic carbocycles. The summed E-state index contributed by atoms with van der Waals surface area (Å²) in [6, 6.07) is 7.81. The molecule has 0 aliphatic heterocycles. The third-order valence-electron chi connectivity index (χ3n) is 3.41. The summed E-state index contributed by atoms with van der Waals surface area (Å²) >= 11 is 4.40. The number of hydrogen-bond acceptors (Lipinski definition) is 3. The quantitative estimate of drug-likeness (QED) is 0.852. The number of nitrogens with zero attached hydrogens (tertiary/aromatic N) is 2. The summed E-state index contributed by atoms with van der Waals surface area (Å²) in [5.41, 5.74) is 2.38. The number of benzene rings is 1. The largest absolute Gasteiger partial charge is 0.305 e. The highest BCUT2D eigenvalue weighted by Crippen LogP contribution is 2.15. The van der Waals surface area contributed by atoms with Crippen molar-refractivity contribution < 1.29 is 0 Å². The average molecular weight is 276 g/mol. The molecular weight excluding hydrogens is 256 g/mol. The molecule has 1 aromatic heterocycles. The van der Waals surface area contributed by atoms with Gasteiger partial charge in [-0.1, -0.05) is 25.5 Å². The van der Waals surface area contributed by atoms with Crippen LogP contribution in [0.5, 0.6) is 0 Å². The summed E-state index contributed by atoms with van der Waals surface area (Å²) in [4.78, 5) is 16.7. The number of rotatable bonds is 5. The van der Waals surface area contributed by atoms with Crippen molar-refractivity contribution in [2.45, 2.75) is 33.2 Å². The molecule has 0 radical (unpaired) electrons. The van der Waals surface area contributed by atoms with E-state index >= 15 is 0 Å². The molecule has 2 rings (SSSR count). The van der Waals surface area contributed by atoms with E-state index in [4.69, 9.17) is 0 Å². The summed E-state index contributed by atoms with van der Waals surface area (Å²) < 4.78 is 1.86. The lowest BCUT2D eigenvalue weighted by Gasteiger charge is -2.17. The monoisotopic (exact) mass is 276 g/mol. The predicted octanol–water partition coefficient (Wildman–Crippen LogP) is 3.05. The number of aromatic nitrogens is 2. The van der Waals surface area contributed by atoms with Crippen LogP contribution in [-0.4, -0.2) is 15.3 Å². The molecule has 2 aromatic rings. The molecule has 1 unspecified atom stereocenters. The van der Waals surface area contributed by atoms with Crippen LogP contribution in [0, 0.1) is 12.8 Å². The van der Waals surface area contributed by atoms with Gasteiger partial charge in [-0.2, -0.15) is 12.6 Å². The van der Waals surface area contributed by atoms with Crippen LogP contribution < -0.4 is 5.56 Å². The van der Waals surface area contributed by atoms with Crippen molar-refractivity contribution in [3.63, 3.8) is 0 Å². The molecule has 0 fully saturated rings. The first-order valence-electron chi connectivity index (χ1n) is 6.74. The summed E-state index contributed by atoms with van der Waals surface area (Å²) in [5.74, 6) is 1.23. The van der Waals surface area contributed by atoms with E-state index in [1.165, 1.54) is 0 Å². The Labute approximate surface area is 119 Å². The fourth-order valence-electron chi connectivity index (χ4n) is 2.41. The molecule has 1 heterocycles. The van der Waals surface area contributed by atoms with Crippen molar-refractivity contribution in [1.29, 1.82) is 0 Å². The topological polar surface area (TPSA) is 34.9 Å². The molecule has 0 saturated heterocycles. The molecule has 0 aliphatic rings. The Hall–Kier alpha value is -1.29. The van der Waals surface area contributed by atoms with E-state index in [9.17, 15) is 4.79 Å². The molecule has 19 heavy (non-hydrogen) atoms. The molecule has 0 saturated carbocycles. The van der Waals surface area contributed by atoms with Gasteiger partial charge in [-0.05, 0) is 37.1 Å². The van der Waals surface area contributed by atoms with E-state index in [0.29, 0.717) is 11.6 Å². The van der Waals surface area contributed by atoms with Gasteiger partial charge in [-0.3, -0.25) is 4.79 Å². The van der Waals surface area contributed by atoms with E-state index in [-0.39, 0.29) is 5.56 Å². The third-order valence-corrected chi connectivity index (χ3v) is 3.93. The van der Waals surface area contributed by atoms with E-state index in [1.807, 2.05) is 28.8 Å². The molecule has 1 atom stereocenters. The summed E-state index contributed by atoms with van der Waals surface area (Å²) in [6.45, 7) is 4.66. The Bertz CT molecular complexity index is 621. The zero-order valence-corrected chi connectivity index (χ0v) is 12.4. The van der Waals surface area contributed by atoms with Crippen molar-refractivity contribution in [1.82, 2.24) is 9.55 Å². The minimum atomic E-state index is 0.0154. The van der Waals surface area contributed by atoms with Gasteiger partial charge in [0.15, 0.2) is 0 Å². The lowest BCUT2D eigenvalue weighted by molar-refractivity contribution is 0.452. The van der Waals surface area contributed by atoms with Crippen LogP contribution in [0.3, 0.4) is 0 Å². The molecule has 102 valence electrons.